The molecular weight excluding hydrogens is 260 g/mol. The topological polar surface area (TPSA) is 38.1 Å². The first-order chi connectivity index (χ1) is 10.3. The molecule has 1 N–H and O–H groups in total. The fraction of sp³-hybridized carbons (Fsp3) is 0.278. The molecule has 0 bridgehead atoms. The molecule has 0 radical (unpaired) electrons. The van der Waals surface area contributed by atoms with E-state index >= 15 is 0 Å². The molecule has 0 saturated carbocycles. The number of fused-ring (bicyclic) bond motifs is 1. The van der Waals surface area contributed by atoms with Crippen LogP contribution in [0.25, 0.3) is 10.9 Å². The Bertz CT molecular complexity index is 727. The summed E-state index contributed by atoms with van der Waals surface area (Å²) in [4.78, 5) is 4.57. The van der Waals surface area contributed by atoms with Crippen molar-refractivity contribution in [1.82, 2.24) is 10.3 Å². The maximum Gasteiger partial charge on any atom is 0.128 e. The predicted octanol–water partition coefficient (Wildman–Crippen LogP) is 4.23. The lowest BCUT2D eigenvalue weighted by Gasteiger charge is -2.19. The van der Waals surface area contributed by atoms with Gasteiger partial charge in [0.05, 0.1) is 17.8 Å². The van der Waals surface area contributed by atoms with E-state index < -0.39 is 0 Å². The fourth-order valence-electron chi connectivity index (χ4n) is 2.67. The van der Waals surface area contributed by atoms with E-state index in [2.05, 4.69) is 48.4 Å². The number of nitrogens with zero attached hydrogens (tertiary/aromatic N) is 1. The zero-order valence-corrected chi connectivity index (χ0v) is 12.5. The second-order valence-corrected chi connectivity index (χ2v) is 5.28. The fourth-order valence-corrected chi connectivity index (χ4v) is 2.67. The van der Waals surface area contributed by atoms with E-state index in [9.17, 15) is 0 Å². The van der Waals surface area contributed by atoms with Gasteiger partial charge in [-0.2, -0.15) is 0 Å². The molecule has 2 heterocycles. The second kappa shape index (κ2) is 6.10. The molecule has 108 valence electrons. The van der Waals surface area contributed by atoms with Crippen LogP contribution in [0.5, 0.6) is 0 Å². The van der Waals surface area contributed by atoms with Gasteiger partial charge in [-0.15, -0.1) is 0 Å². The minimum Gasteiger partial charge on any atom is -0.467 e. The Kier molecular flexibility index (Phi) is 4.02. The molecule has 3 nitrogen and oxygen atoms in total. The average molecular weight is 280 g/mol. The quantitative estimate of drug-likeness (QED) is 0.760. The molecule has 3 rings (SSSR count). The van der Waals surface area contributed by atoms with Crippen LogP contribution in [0.3, 0.4) is 0 Å². The van der Waals surface area contributed by atoms with Gasteiger partial charge in [0.25, 0.3) is 0 Å². The highest BCUT2D eigenvalue weighted by molar-refractivity contribution is 5.82. The van der Waals surface area contributed by atoms with Gasteiger partial charge in [0.15, 0.2) is 0 Å². The Morgan fingerprint density at radius 3 is 2.81 bits per heavy atom. The Morgan fingerprint density at radius 2 is 2.05 bits per heavy atom. The van der Waals surface area contributed by atoms with Crippen LogP contribution in [0.1, 0.15) is 36.3 Å². The number of pyridine rings is 1. The monoisotopic (exact) mass is 280 g/mol. The Hall–Kier alpha value is -2.13. The van der Waals surface area contributed by atoms with E-state index in [-0.39, 0.29) is 6.04 Å². The first-order valence-electron chi connectivity index (χ1n) is 7.42. The van der Waals surface area contributed by atoms with Crippen molar-refractivity contribution in [3.63, 3.8) is 0 Å². The summed E-state index contributed by atoms with van der Waals surface area (Å²) in [6, 6.07) is 12.4. The maximum atomic E-state index is 5.74. The van der Waals surface area contributed by atoms with Crippen LogP contribution in [-0.2, 0) is 0 Å². The highest BCUT2D eigenvalue weighted by atomic mass is 16.3. The summed E-state index contributed by atoms with van der Waals surface area (Å²) in [5.41, 5.74) is 3.36. The Balaban J connectivity index is 2.12. The van der Waals surface area contributed by atoms with Crippen molar-refractivity contribution < 1.29 is 4.42 Å². The summed E-state index contributed by atoms with van der Waals surface area (Å²) in [6.45, 7) is 5.19. The molecule has 0 fully saturated rings. The number of benzene rings is 1. The second-order valence-electron chi connectivity index (χ2n) is 5.28. The van der Waals surface area contributed by atoms with Gasteiger partial charge in [0, 0.05) is 17.1 Å². The van der Waals surface area contributed by atoms with Crippen LogP contribution >= 0.6 is 0 Å². The molecule has 0 aliphatic rings. The van der Waals surface area contributed by atoms with E-state index in [4.69, 9.17) is 4.42 Å². The number of aryl methyl sites for hydroxylation is 1. The number of hydrogen-bond donors (Lipinski definition) is 1. The average Bonchev–Trinajstić information content (AvgIpc) is 2.94. The molecule has 0 amide bonds. The maximum absolute atomic E-state index is 5.74. The first kappa shape index (κ1) is 13.8. The molecule has 21 heavy (non-hydrogen) atoms. The SMILES string of the molecule is CCCNC(c1occc1C)c1cccc2cccnc12. The summed E-state index contributed by atoms with van der Waals surface area (Å²) < 4.78 is 5.74. The van der Waals surface area contributed by atoms with Crippen LogP contribution in [0.15, 0.2) is 53.3 Å². The normalized spacial score (nSPS) is 12.7. The molecule has 0 aliphatic heterocycles. The third-order valence-electron chi connectivity index (χ3n) is 3.74. The van der Waals surface area contributed by atoms with Crippen molar-refractivity contribution in [1.29, 1.82) is 0 Å². The van der Waals surface area contributed by atoms with E-state index in [1.54, 1.807) is 6.26 Å². The van der Waals surface area contributed by atoms with Gasteiger partial charge in [-0.25, -0.2) is 0 Å². The van der Waals surface area contributed by atoms with Gasteiger partial charge < -0.3 is 9.73 Å². The van der Waals surface area contributed by atoms with Crippen LogP contribution in [0.4, 0.5) is 0 Å². The number of para-hydroxylation sites is 1. The van der Waals surface area contributed by atoms with Crippen molar-refractivity contribution in [2.24, 2.45) is 0 Å². The summed E-state index contributed by atoms with van der Waals surface area (Å²) in [5.74, 6) is 0.974. The van der Waals surface area contributed by atoms with Crippen LogP contribution < -0.4 is 5.32 Å². The summed E-state index contributed by atoms with van der Waals surface area (Å²) in [7, 11) is 0. The van der Waals surface area contributed by atoms with Crippen molar-refractivity contribution in [3.05, 3.63) is 65.7 Å². The summed E-state index contributed by atoms with van der Waals surface area (Å²) in [5, 5.41) is 4.74. The zero-order valence-electron chi connectivity index (χ0n) is 12.5. The molecule has 0 aliphatic carbocycles. The molecule has 3 aromatic rings. The van der Waals surface area contributed by atoms with E-state index in [0.717, 1.165) is 35.2 Å². The van der Waals surface area contributed by atoms with Crippen molar-refractivity contribution in [2.75, 3.05) is 6.54 Å². The smallest absolute Gasteiger partial charge is 0.128 e. The third-order valence-corrected chi connectivity index (χ3v) is 3.74. The van der Waals surface area contributed by atoms with Crippen molar-refractivity contribution in [3.8, 4) is 0 Å². The van der Waals surface area contributed by atoms with Gasteiger partial charge in [0.1, 0.15) is 5.76 Å². The van der Waals surface area contributed by atoms with Crippen LogP contribution in [0, 0.1) is 6.92 Å². The molecule has 2 aromatic heterocycles. The molecule has 1 atom stereocenters. The molecule has 3 heteroatoms. The zero-order chi connectivity index (χ0) is 14.7. The van der Waals surface area contributed by atoms with Gasteiger partial charge in [0.2, 0.25) is 0 Å². The Labute approximate surface area is 125 Å². The van der Waals surface area contributed by atoms with E-state index in [0.29, 0.717) is 0 Å². The summed E-state index contributed by atoms with van der Waals surface area (Å²) in [6.07, 6.45) is 4.68. The third kappa shape index (κ3) is 2.69. The number of rotatable bonds is 5. The highest BCUT2D eigenvalue weighted by Crippen LogP contribution is 2.30. The lowest BCUT2D eigenvalue weighted by molar-refractivity contribution is 0.445. The molecule has 1 aromatic carbocycles. The van der Waals surface area contributed by atoms with E-state index in [1.165, 1.54) is 5.56 Å². The van der Waals surface area contributed by atoms with Gasteiger partial charge in [-0.3, -0.25) is 4.98 Å². The number of nitrogens with one attached hydrogen (secondary N) is 1. The molecule has 0 saturated heterocycles. The predicted molar refractivity (Wildman–Crippen MR) is 85.3 cm³/mol. The van der Waals surface area contributed by atoms with Crippen LogP contribution in [-0.4, -0.2) is 11.5 Å². The largest absolute Gasteiger partial charge is 0.467 e. The van der Waals surface area contributed by atoms with Crippen LogP contribution in [0.2, 0.25) is 0 Å². The number of furan rings is 1. The molecule has 0 spiro atoms. The molecule has 1 unspecified atom stereocenters. The highest BCUT2D eigenvalue weighted by Gasteiger charge is 2.21. The minimum absolute atomic E-state index is 0.0403. The van der Waals surface area contributed by atoms with Gasteiger partial charge >= 0.3 is 0 Å². The Morgan fingerprint density at radius 1 is 1.19 bits per heavy atom. The lowest BCUT2D eigenvalue weighted by Crippen LogP contribution is -2.23. The number of aromatic nitrogens is 1. The van der Waals surface area contributed by atoms with Gasteiger partial charge in [-0.05, 0) is 37.6 Å². The minimum atomic E-state index is 0.0403. The standard InChI is InChI=1S/C18H20N2O/c1-3-10-19-17(18-13(2)9-12-21-18)15-8-4-6-14-7-5-11-20-16(14)15/h4-9,11-12,17,19H,3,10H2,1-2H3. The van der Waals surface area contributed by atoms with Crippen molar-refractivity contribution in [2.45, 2.75) is 26.3 Å². The first-order valence-corrected chi connectivity index (χ1v) is 7.42. The van der Waals surface area contributed by atoms with Crippen molar-refractivity contribution >= 4 is 10.9 Å². The molecular formula is C18H20N2O. The summed E-state index contributed by atoms with van der Waals surface area (Å²) >= 11 is 0. The van der Waals surface area contributed by atoms with Gasteiger partial charge in [-0.1, -0.05) is 31.2 Å². The van der Waals surface area contributed by atoms with E-state index in [1.807, 2.05) is 18.3 Å². The lowest BCUT2D eigenvalue weighted by atomic mass is 9.99. The number of hydrogen-bond acceptors (Lipinski definition) is 3.